The zero-order valence-electron chi connectivity index (χ0n) is 13.4. The van der Waals surface area contributed by atoms with Gasteiger partial charge in [0.15, 0.2) is 11.5 Å². The maximum absolute atomic E-state index is 12.9. The van der Waals surface area contributed by atoms with Crippen LogP contribution in [-0.4, -0.2) is 38.9 Å². The van der Waals surface area contributed by atoms with Gasteiger partial charge in [-0.25, -0.2) is 19.3 Å². The van der Waals surface area contributed by atoms with Crippen molar-refractivity contribution in [2.45, 2.75) is 12.8 Å². The number of benzene rings is 1. The molecule has 0 spiro atoms. The number of nitrogens with zero attached hydrogens (tertiary/aromatic N) is 4. The van der Waals surface area contributed by atoms with Crippen LogP contribution in [0.2, 0.25) is 0 Å². The highest BCUT2D eigenvalue weighted by atomic mass is 19.1. The van der Waals surface area contributed by atoms with Crippen molar-refractivity contribution in [2.75, 3.05) is 23.3 Å². The van der Waals surface area contributed by atoms with Crippen molar-refractivity contribution in [3.63, 3.8) is 0 Å². The van der Waals surface area contributed by atoms with Crippen LogP contribution in [0.15, 0.2) is 36.9 Å². The van der Waals surface area contributed by atoms with Gasteiger partial charge in [0, 0.05) is 24.7 Å². The van der Waals surface area contributed by atoms with E-state index in [-0.39, 0.29) is 17.6 Å². The number of amides is 1. The van der Waals surface area contributed by atoms with Gasteiger partial charge >= 0.3 is 0 Å². The molecule has 3 heterocycles. The molecule has 0 atom stereocenters. The Morgan fingerprint density at radius 3 is 2.68 bits per heavy atom. The monoisotopic (exact) mass is 340 g/mol. The third kappa shape index (κ3) is 3.15. The van der Waals surface area contributed by atoms with Crippen molar-refractivity contribution in [3.8, 4) is 0 Å². The van der Waals surface area contributed by atoms with Gasteiger partial charge in [-0.2, -0.15) is 0 Å². The molecular formula is C17H17FN6O. The second kappa shape index (κ2) is 6.46. The Hall–Kier alpha value is -3.03. The van der Waals surface area contributed by atoms with E-state index in [1.807, 2.05) is 0 Å². The Bertz CT molecular complexity index is 886. The number of hydrogen-bond donors (Lipinski definition) is 2. The molecule has 2 N–H and O–H groups in total. The quantitative estimate of drug-likeness (QED) is 0.764. The Morgan fingerprint density at radius 2 is 1.92 bits per heavy atom. The second-order valence-electron chi connectivity index (χ2n) is 6.06. The van der Waals surface area contributed by atoms with Crippen LogP contribution in [0.1, 0.15) is 12.8 Å². The average Bonchev–Trinajstić information content (AvgIpc) is 3.12. The fraction of sp³-hybridized carbons (Fsp3) is 0.294. The molecule has 0 radical (unpaired) electrons. The fourth-order valence-electron chi connectivity index (χ4n) is 3.12. The molecule has 1 amide bonds. The third-order valence-corrected chi connectivity index (χ3v) is 4.48. The molecule has 1 aliphatic rings. The normalized spacial score (nSPS) is 15.5. The summed E-state index contributed by atoms with van der Waals surface area (Å²) in [6.45, 7) is 1.46. The van der Waals surface area contributed by atoms with Gasteiger partial charge in [-0.1, -0.05) is 0 Å². The number of fused-ring (bicyclic) bond motifs is 1. The van der Waals surface area contributed by atoms with Crippen LogP contribution in [0.4, 0.5) is 15.9 Å². The molecule has 0 bridgehead atoms. The zero-order chi connectivity index (χ0) is 17.2. The first-order valence-corrected chi connectivity index (χ1v) is 8.16. The molecular weight excluding hydrogens is 323 g/mol. The number of carbonyl (C=O) groups is 1. The molecule has 1 fully saturated rings. The van der Waals surface area contributed by atoms with Crippen molar-refractivity contribution in [1.82, 2.24) is 19.9 Å². The smallest absolute Gasteiger partial charge is 0.227 e. The first kappa shape index (κ1) is 15.5. The van der Waals surface area contributed by atoms with Crippen LogP contribution < -0.4 is 10.2 Å². The van der Waals surface area contributed by atoms with Crippen LogP contribution in [0, 0.1) is 11.7 Å². The number of imidazole rings is 1. The first-order valence-electron chi connectivity index (χ1n) is 8.16. The van der Waals surface area contributed by atoms with Gasteiger partial charge in [0.05, 0.1) is 6.33 Å². The first-order chi connectivity index (χ1) is 12.2. The molecule has 7 nitrogen and oxygen atoms in total. The molecule has 2 aromatic heterocycles. The predicted molar refractivity (Wildman–Crippen MR) is 91.7 cm³/mol. The number of nitrogens with one attached hydrogen (secondary N) is 2. The molecule has 128 valence electrons. The van der Waals surface area contributed by atoms with Gasteiger partial charge in [0.1, 0.15) is 17.7 Å². The predicted octanol–water partition coefficient (Wildman–Crippen LogP) is 2.35. The lowest BCUT2D eigenvalue weighted by atomic mass is 9.95. The van der Waals surface area contributed by atoms with Crippen molar-refractivity contribution in [3.05, 3.63) is 42.7 Å². The van der Waals surface area contributed by atoms with Crippen LogP contribution >= 0.6 is 0 Å². The summed E-state index contributed by atoms with van der Waals surface area (Å²) in [6.07, 6.45) is 4.57. The standard InChI is InChI=1S/C17H17FN6O/c18-12-1-3-13(4-2-12)23-17(25)11-5-7-24(8-6-11)16-14-15(20-9-19-14)21-10-22-16/h1-4,9-11H,5-8H2,(H,23,25)(H,19,20,21,22). The largest absolute Gasteiger partial charge is 0.355 e. The SMILES string of the molecule is O=C(Nc1ccc(F)cc1)C1CCN(c2ncnc3nc[nH]c23)CC1. The van der Waals surface area contributed by atoms with E-state index < -0.39 is 0 Å². The highest BCUT2D eigenvalue weighted by Crippen LogP contribution is 2.26. The molecule has 0 aliphatic carbocycles. The molecule has 8 heteroatoms. The van der Waals surface area contributed by atoms with E-state index in [0.29, 0.717) is 11.3 Å². The number of aromatic amines is 1. The van der Waals surface area contributed by atoms with Crippen molar-refractivity contribution >= 4 is 28.6 Å². The summed E-state index contributed by atoms with van der Waals surface area (Å²) >= 11 is 0. The van der Waals surface area contributed by atoms with Gasteiger partial charge in [-0.05, 0) is 37.1 Å². The van der Waals surface area contributed by atoms with Gasteiger partial charge < -0.3 is 15.2 Å². The number of piperidine rings is 1. The van der Waals surface area contributed by atoms with Crippen LogP contribution in [0.5, 0.6) is 0 Å². The lowest BCUT2D eigenvalue weighted by molar-refractivity contribution is -0.120. The van der Waals surface area contributed by atoms with E-state index in [1.54, 1.807) is 18.5 Å². The topological polar surface area (TPSA) is 86.8 Å². The van der Waals surface area contributed by atoms with Crippen molar-refractivity contribution in [2.24, 2.45) is 5.92 Å². The number of carbonyl (C=O) groups excluding carboxylic acids is 1. The fourth-order valence-corrected chi connectivity index (χ4v) is 3.12. The summed E-state index contributed by atoms with van der Waals surface area (Å²) in [5.74, 6) is 0.405. The van der Waals surface area contributed by atoms with E-state index in [2.05, 4.69) is 30.2 Å². The number of rotatable bonds is 3. The maximum Gasteiger partial charge on any atom is 0.227 e. The molecule has 0 unspecified atom stereocenters. The van der Waals surface area contributed by atoms with Crippen LogP contribution in [0.3, 0.4) is 0 Å². The van der Waals surface area contributed by atoms with Crippen molar-refractivity contribution < 1.29 is 9.18 Å². The summed E-state index contributed by atoms with van der Waals surface area (Å²) in [5.41, 5.74) is 2.07. The molecule has 0 saturated carbocycles. The van der Waals surface area contributed by atoms with Crippen molar-refractivity contribution in [1.29, 1.82) is 0 Å². The summed E-state index contributed by atoms with van der Waals surface area (Å²) in [5, 5.41) is 2.85. The van der Waals surface area contributed by atoms with Gasteiger partial charge in [-0.3, -0.25) is 4.79 Å². The highest BCUT2D eigenvalue weighted by molar-refractivity contribution is 5.92. The minimum atomic E-state index is -0.318. The molecule has 3 aromatic rings. The zero-order valence-corrected chi connectivity index (χ0v) is 13.4. The molecule has 1 aliphatic heterocycles. The number of aromatic nitrogens is 4. The summed E-state index contributed by atoms with van der Waals surface area (Å²) in [4.78, 5) is 30.2. The molecule has 1 aromatic carbocycles. The number of anilines is 2. The van der Waals surface area contributed by atoms with Crippen LogP contribution in [-0.2, 0) is 4.79 Å². The maximum atomic E-state index is 12.9. The van der Waals surface area contributed by atoms with Gasteiger partial charge in [-0.15, -0.1) is 0 Å². The lowest BCUT2D eigenvalue weighted by Gasteiger charge is -2.32. The van der Waals surface area contributed by atoms with E-state index in [1.165, 1.54) is 18.5 Å². The van der Waals surface area contributed by atoms with Gasteiger partial charge in [0.2, 0.25) is 5.91 Å². The Morgan fingerprint density at radius 1 is 1.16 bits per heavy atom. The minimum absolute atomic E-state index is 0.0272. The van der Waals surface area contributed by atoms with E-state index in [9.17, 15) is 9.18 Å². The second-order valence-corrected chi connectivity index (χ2v) is 6.06. The Balaban J connectivity index is 1.40. The van der Waals surface area contributed by atoms with E-state index >= 15 is 0 Å². The summed E-state index contributed by atoms with van der Waals surface area (Å²) in [6, 6.07) is 5.81. The summed E-state index contributed by atoms with van der Waals surface area (Å²) < 4.78 is 12.9. The summed E-state index contributed by atoms with van der Waals surface area (Å²) in [7, 11) is 0. The van der Waals surface area contributed by atoms with E-state index in [0.717, 1.165) is 37.3 Å². The number of halogens is 1. The molecule has 25 heavy (non-hydrogen) atoms. The Kier molecular flexibility index (Phi) is 4.01. The minimum Gasteiger partial charge on any atom is -0.355 e. The number of H-pyrrole nitrogens is 1. The third-order valence-electron chi connectivity index (χ3n) is 4.48. The number of hydrogen-bond acceptors (Lipinski definition) is 5. The lowest BCUT2D eigenvalue weighted by Crippen LogP contribution is -2.38. The van der Waals surface area contributed by atoms with Gasteiger partial charge in [0.25, 0.3) is 0 Å². The molecule has 1 saturated heterocycles. The molecule has 4 rings (SSSR count). The van der Waals surface area contributed by atoms with E-state index in [4.69, 9.17) is 0 Å². The average molecular weight is 340 g/mol. The van der Waals surface area contributed by atoms with Crippen LogP contribution in [0.25, 0.3) is 11.2 Å². The Labute approximate surface area is 143 Å². The highest BCUT2D eigenvalue weighted by Gasteiger charge is 2.26.